The molecule has 0 bridgehead atoms. The van der Waals surface area contributed by atoms with Crippen LogP contribution in [0.25, 0.3) is 11.1 Å². The highest BCUT2D eigenvalue weighted by molar-refractivity contribution is 7.50. The van der Waals surface area contributed by atoms with Crippen LogP contribution in [-0.2, 0) is 0 Å². The van der Waals surface area contributed by atoms with E-state index >= 15 is 0 Å². The minimum absolute atomic E-state index is 0.189. The van der Waals surface area contributed by atoms with Crippen molar-refractivity contribution in [3.63, 3.8) is 0 Å². The lowest BCUT2D eigenvalue weighted by atomic mass is 10.0. The van der Waals surface area contributed by atoms with Crippen LogP contribution in [0.3, 0.4) is 0 Å². The molecule has 12 nitrogen and oxygen atoms in total. The molecule has 10 rings (SSSR count). The average molecular weight is 1000 g/mol. The predicted octanol–water partition coefficient (Wildman–Crippen LogP) is 15.2. The van der Waals surface area contributed by atoms with Gasteiger partial charge in [-0.25, -0.2) is 0 Å². The Balaban J connectivity index is 1.28. The summed E-state index contributed by atoms with van der Waals surface area (Å²) in [5, 5.41) is 0.758. The summed E-state index contributed by atoms with van der Waals surface area (Å²) < 4.78 is 44.9. The van der Waals surface area contributed by atoms with Gasteiger partial charge < -0.3 is 18.1 Å². The molecular weight excluding hydrogens is 970 g/mol. The Kier molecular flexibility index (Phi) is 12.7. The summed E-state index contributed by atoms with van der Waals surface area (Å²) in [7, 11) is -6.75. The molecular formula is C44H34Cl4N8O4P4. The summed E-state index contributed by atoms with van der Waals surface area (Å²) in [6.45, 7) is 0. The molecule has 64 heavy (non-hydrogen) atoms. The fraction of sp³-hybridized carbons (Fsp3) is 0. The normalized spacial score (nSPS) is 11.7. The third-order valence-electron chi connectivity index (χ3n) is 9.51. The van der Waals surface area contributed by atoms with Gasteiger partial charge in [-0.3, -0.25) is 34.7 Å². The second kappa shape index (κ2) is 19.1. The molecule has 0 saturated carbocycles. The smallest absolute Gasteiger partial charge is 0.317 e. The highest BCUT2D eigenvalue weighted by Gasteiger charge is 2.36. The summed E-state index contributed by atoms with van der Waals surface area (Å²) in [5.74, 6) is 0.871. The first-order chi connectivity index (χ1) is 31.4. The van der Waals surface area contributed by atoms with Crippen LogP contribution in [-0.4, -0.2) is 34.7 Å². The second-order valence-electron chi connectivity index (χ2n) is 13.6. The lowest BCUT2D eigenvalue weighted by molar-refractivity contribution is 0.556. The van der Waals surface area contributed by atoms with E-state index < -0.39 is 33.8 Å². The first-order valence-corrected chi connectivity index (χ1v) is 25.6. The number of hydrogen-bond acceptors (Lipinski definition) is 4. The molecule has 0 aliphatic rings. The van der Waals surface area contributed by atoms with E-state index in [9.17, 15) is 0 Å². The maximum absolute atomic E-state index is 7.45. The van der Waals surface area contributed by atoms with Crippen LogP contribution in [0.2, 0.25) is 20.1 Å². The Morgan fingerprint density at radius 2 is 0.391 bits per heavy atom. The molecule has 10 aromatic rings. The van der Waals surface area contributed by atoms with E-state index in [4.69, 9.17) is 64.5 Å². The van der Waals surface area contributed by atoms with Crippen molar-refractivity contribution in [2.24, 2.45) is 0 Å². The zero-order valence-corrected chi connectivity index (χ0v) is 39.7. The van der Waals surface area contributed by atoms with Crippen LogP contribution in [0, 0.1) is 0 Å². The summed E-state index contributed by atoms with van der Waals surface area (Å²) in [5.41, 5.74) is 0.603. The number of benzene rings is 2. The van der Waals surface area contributed by atoms with Gasteiger partial charge in [0.15, 0.2) is 23.0 Å². The minimum Gasteiger partial charge on any atom is -0.434 e. The van der Waals surface area contributed by atoms with Gasteiger partial charge >= 0.3 is 33.8 Å². The summed E-state index contributed by atoms with van der Waals surface area (Å²) in [4.78, 5) is 0. The third-order valence-corrected chi connectivity index (χ3v) is 17.3. The minimum atomic E-state index is -1.69. The summed E-state index contributed by atoms with van der Waals surface area (Å²) in [6.07, 6.45) is 31.0. The second-order valence-corrected chi connectivity index (χ2v) is 21.7. The van der Waals surface area contributed by atoms with Gasteiger partial charge in [0, 0.05) is 99.1 Å². The topological polar surface area (TPSA) is 76.4 Å². The van der Waals surface area contributed by atoms with Crippen molar-refractivity contribution in [2.75, 3.05) is 0 Å². The molecule has 20 heteroatoms. The lowest BCUT2D eigenvalue weighted by Crippen LogP contribution is -2.10. The molecule has 0 N–H and O–H groups in total. The van der Waals surface area contributed by atoms with E-state index in [2.05, 4.69) is 0 Å². The zero-order chi connectivity index (χ0) is 43.6. The largest absolute Gasteiger partial charge is 0.434 e. The van der Waals surface area contributed by atoms with E-state index in [0.717, 1.165) is 0 Å². The SMILES string of the molecule is Clc1cc(Cl)c(OP(n2cccc2)n2cccc2)c(-c2c(OP(n3cccc3)n3cccc3)c(Cl)cc(Cl)c2OP(n2cccc2)n2cccc2)c1OP(n1cccc1)n1cccc1. The number of hydrogen-bond donors (Lipinski definition) is 0. The number of nitrogens with zero attached hydrogens (tertiary/aromatic N) is 8. The fourth-order valence-electron chi connectivity index (χ4n) is 6.68. The standard InChI is InChI=1S/C44H34Cl4N8O4P4/c45-35-33-36(46)42(58-62(51-21-5-6-22-51)52-23-7-8-24-52)39(41(35)57-61(49-17-1-2-18-49)50-19-3-4-20-50)40-43(59-63(53-25-9-10-26-53)54-27-11-12-28-54)37(47)34-38(48)44(40)60-64(55-29-13-14-30-55)56-31-15-16-32-56/h1-34H. The van der Waals surface area contributed by atoms with Crippen LogP contribution >= 0.6 is 80.2 Å². The number of rotatable bonds is 17. The van der Waals surface area contributed by atoms with Crippen molar-refractivity contribution in [1.82, 2.24) is 34.7 Å². The van der Waals surface area contributed by atoms with Gasteiger partial charge in [0.2, 0.25) is 0 Å². The van der Waals surface area contributed by atoms with Crippen LogP contribution in [0.15, 0.2) is 208 Å². The number of halogens is 4. The van der Waals surface area contributed by atoms with Crippen LogP contribution in [0.5, 0.6) is 23.0 Å². The molecule has 0 saturated heterocycles. The third kappa shape index (κ3) is 8.66. The molecule has 0 aliphatic heterocycles. The van der Waals surface area contributed by atoms with Gasteiger partial charge in [0.25, 0.3) is 0 Å². The first-order valence-electron chi connectivity index (χ1n) is 19.4. The van der Waals surface area contributed by atoms with Gasteiger partial charge in [0.1, 0.15) is 0 Å². The van der Waals surface area contributed by atoms with Gasteiger partial charge in [-0.2, -0.15) is 0 Å². The van der Waals surface area contributed by atoms with Crippen LogP contribution < -0.4 is 18.1 Å². The Morgan fingerprint density at radius 1 is 0.250 bits per heavy atom. The van der Waals surface area contributed by atoms with E-state index in [1.54, 1.807) is 12.1 Å². The molecule has 8 aromatic heterocycles. The van der Waals surface area contributed by atoms with Crippen LogP contribution in [0.4, 0.5) is 0 Å². The molecule has 0 unspecified atom stereocenters. The molecule has 0 aliphatic carbocycles. The fourth-order valence-corrected chi connectivity index (χ4v) is 14.1. The van der Waals surface area contributed by atoms with Crippen LogP contribution in [0.1, 0.15) is 0 Å². The Morgan fingerprint density at radius 3 is 0.531 bits per heavy atom. The zero-order valence-electron chi connectivity index (χ0n) is 33.1. The van der Waals surface area contributed by atoms with E-state index in [0.29, 0.717) is 11.1 Å². The van der Waals surface area contributed by atoms with E-state index in [1.165, 1.54) is 0 Å². The first kappa shape index (κ1) is 42.7. The molecule has 0 amide bonds. The molecule has 322 valence electrons. The summed E-state index contributed by atoms with van der Waals surface area (Å²) >= 11 is 29.8. The maximum Gasteiger partial charge on any atom is 0.317 e. The van der Waals surface area contributed by atoms with Crippen molar-refractivity contribution in [1.29, 1.82) is 0 Å². The molecule has 0 spiro atoms. The van der Waals surface area contributed by atoms with E-state index in [1.807, 2.05) is 231 Å². The lowest BCUT2D eigenvalue weighted by Gasteiger charge is -2.30. The van der Waals surface area contributed by atoms with Crippen molar-refractivity contribution in [3.8, 4) is 34.1 Å². The molecule has 0 atom stereocenters. The predicted molar refractivity (Wildman–Crippen MR) is 261 cm³/mol. The molecule has 0 fully saturated rings. The van der Waals surface area contributed by atoms with Crippen molar-refractivity contribution in [3.05, 3.63) is 228 Å². The monoisotopic (exact) mass is 1000 g/mol. The Bertz CT molecular complexity index is 2480. The molecule has 2 aromatic carbocycles. The average Bonchev–Trinajstić information content (AvgIpc) is 4.15. The van der Waals surface area contributed by atoms with Crippen molar-refractivity contribution in [2.45, 2.75) is 0 Å². The van der Waals surface area contributed by atoms with Gasteiger partial charge in [-0.1, -0.05) is 46.4 Å². The quantitative estimate of drug-likeness (QED) is 0.0852. The van der Waals surface area contributed by atoms with Gasteiger partial charge in [-0.05, 0) is 109 Å². The molecule has 0 radical (unpaired) electrons. The maximum atomic E-state index is 7.45. The van der Waals surface area contributed by atoms with Crippen molar-refractivity contribution < 1.29 is 18.1 Å². The number of aromatic nitrogens is 8. The van der Waals surface area contributed by atoms with Gasteiger partial charge in [0.05, 0.1) is 31.2 Å². The van der Waals surface area contributed by atoms with Gasteiger partial charge in [-0.15, -0.1) is 0 Å². The Hall–Kier alpha value is -5.24. The van der Waals surface area contributed by atoms with Crippen molar-refractivity contribution >= 4 is 80.2 Å². The molecule has 8 heterocycles. The highest BCUT2D eigenvalue weighted by atomic mass is 35.5. The van der Waals surface area contributed by atoms with E-state index in [-0.39, 0.29) is 43.1 Å². The Labute approximate surface area is 393 Å². The summed E-state index contributed by atoms with van der Waals surface area (Å²) in [6, 6.07) is 34.2. The highest BCUT2D eigenvalue weighted by Crippen LogP contribution is 2.63.